The summed E-state index contributed by atoms with van der Waals surface area (Å²) in [6, 6.07) is 5.96. The quantitative estimate of drug-likeness (QED) is 0.427. The average molecular weight is 340 g/mol. The molecule has 1 fully saturated rings. The molecular weight excluding hydrogens is 324 g/mol. The minimum atomic E-state index is -1.79. The molecule has 1 aliphatic rings. The molecule has 0 bridgehead atoms. The monoisotopic (exact) mass is 340 g/mol. The van der Waals surface area contributed by atoms with E-state index in [1.54, 1.807) is 0 Å². The Morgan fingerprint density at radius 1 is 1.00 bits per heavy atom. The van der Waals surface area contributed by atoms with Gasteiger partial charge in [0.15, 0.2) is 6.10 Å². The van der Waals surface area contributed by atoms with Crippen LogP contribution in [0.15, 0.2) is 30.3 Å². The van der Waals surface area contributed by atoms with E-state index in [-0.39, 0.29) is 5.75 Å². The third kappa shape index (κ3) is 4.09. The summed E-state index contributed by atoms with van der Waals surface area (Å²) < 4.78 is 10.3. The van der Waals surface area contributed by atoms with Gasteiger partial charge in [0.2, 0.25) is 6.29 Å². The van der Waals surface area contributed by atoms with Crippen molar-refractivity contribution in [3.8, 4) is 5.75 Å². The standard InChI is InChI=1S/C15H16O9/c16-9(17)6-3-7-1-4-8(5-2-7)23-15-12(20)10(18)11(19)13(24-15)14(21)22/h1-6,10-13,15,18-20H,(H,16,17)(H,21,22)/b6-3+/t10-,11-,12+,13-,15+/m0/s1. The van der Waals surface area contributed by atoms with Crippen LogP contribution in [0.25, 0.3) is 6.08 Å². The molecule has 1 saturated heterocycles. The van der Waals surface area contributed by atoms with Gasteiger partial charge < -0.3 is 35.0 Å². The second-order valence-corrected chi connectivity index (χ2v) is 5.09. The SMILES string of the molecule is O=C(O)/C=C/c1ccc(O[C@@H]2O[C@H](C(=O)O)[C@@H](O)[C@H](O)[C@H]2O)cc1. The van der Waals surface area contributed by atoms with E-state index in [4.69, 9.17) is 19.7 Å². The van der Waals surface area contributed by atoms with Crippen LogP contribution in [0.2, 0.25) is 0 Å². The number of hydrogen-bond donors (Lipinski definition) is 5. The molecule has 1 aliphatic heterocycles. The molecule has 9 heteroatoms. The summed E-state index contributed by atoms with van der Waals surface area (Å²) in [6.45, 7) is 0. The molecule has 2 rings (SSSR count). The van der Waals surface area contributed by atoms with Gasteiger partial charge in [0.1, 0.15) is 24.1 Å². The maximum atomic E-state index is 11.0. The molecule has 1 aromatic rings. The normalized spacial score (nSPS) is 30.2. The van der Waals surface area contributed by atoms with Gasteiger partial charge in [0, 0.05) is 6.08 Å². The number of aliphatic hydroxyl groups is 3. The van der Waals surface area contributed by atoms with Gasteiger partial charge >= 0.3 is 11.9 Å². The molecule has 1 aromatic carbocycles. The highest BCUT2D eigenvalue weighted by Crippen LogP contribution is 2.25. The van der Waals surface area contributed by atoms with Crippen LogP contribution in [0.1, 0.15) is 5.56 Å². The summed E-state index contributed by atoms with van der Waals surface area (Å²) in [7, 11) is 0. The van der Waals surface area contributed by atoms with E-state index in [0.717, 1.165) is 6.08 Å². The van der Waals surface area contributed by atoms with Crippen LogP contribution >= 0.6 is 0 Å². The van der Waals surface area contributed by atoms with Gasteiger partial charge in [-0.2, -0.15) is 0 Å². The molecule has 130 valence electrons. The number of carbonyl (C=O) groups is 2. The van der Waals surface area contributed by atoms with E-state index in [0.29, 0.717) is 5.56 Å². The van der Waals surface area contributed by atoms with Crippen LogP contribution in [-0.4, -0.2) is 68.2 Å². The Morgan fingerprint density at radius 3 is 2.17 bits per heavy atom. The Bertz CT molecular complexity index is 624. The van der Waals surface area contributed by atoms with Crippen LogP contribution in [0.5, 0.6) is 5.75 Å². The molecule has 0 aromatic heterocycles. The molecule has 0 spiro atoms. The van der Waals surface area contributed by atoms with Crippen LogP contribution in [0.4, 0.5) is 0 Å². The van der Waals surface area contributed by atoms with E-state index >= 15 is 0 Å². The maximum Gasteiger partial charge on any atom is 0.335 e. The minimum Gasteiger partial charge on any atom is -0.479 e. The number of aliphatic hydroxyl groups excluding tert-OH is 3. The molecule has 24 heavy (non-hydrogen) atoms. The molecule has 0 radical (unpaired) electrons. The van der Waals surface area contributed by atoms with E-state index in [1.165, 1.54) is 30.3 Å². The third-order valence-electron chi connectivity index (χ3n) is 3.36. The highest BCUT2D eigenvalue weighted by Gasteiger charge is 2.48. The summed E-state index contributed by atoms with van der Waals surface area (Å²) in [4.78, 5) is 21.4. The summed E-state index contributed by atoms with van der Waals surface area (Å²) in [6.07, 6.45) is -6.11. The van der Waals surface area contributed by atoms with Crippen molar-refractivity contribution in [1.29, 1.82) is 0 Å². The zero-order valence-electron chi connectivity index (χ0n) is 12.2. The first-order valence-corrected chi connectivity index (χ1v) is 6.90. The van der Waals surface area contributed by atoms with E-state index in [1.807, 2.05) is 0 Å². The maximum absolute atomic E-state index is 11.0. The highest BCUT2D eigenvalue weighted by atomic mass is 16.7. The fraction of sp³-hybridized carbons (Fsp3) is 0.333. The van der Waals surface area contributed by atoms with Gasteiger partial charge in [-0.25, -0.2) is 9.59 Å². The smallest absolute Gasteiger partial charge is 0.335 e. The van der Waals surface area contributed by atoms with E-state index in [2.05, 4.69) is 0 Å². The predicted octanol–water partition coefficient (Wildman–Crippen LogP) is -0.945. The van der Waals surface area contributed by atoms with Crippen LogP contribution in [0, 0.1) is 0 Å². The number of hydrogen-bond acceptors (Lipinski definition) is 7. The molecule has 9 nitrogen and oxygen atoms in total. The van der Waals surface area contributed by atoms with Crippen molar-refractivity contribution in [2.45, 2.75) is 30.7 Å². The van der Waals surface area contributed by atoms with Gasteiger partial charge in [-0.3, -0.25) is 0 Å². The lowest BCUT2D eigenvalue weighted by Crippen LogP contribution is -2.61. The fourth-order valence-corrected chi connectivity index (χ4v) is 2.11. The summed E-state index contributed by atoms with van der Waals surface area (Å²) in [5, 5.41) is 46.6. The highest BCUT2D eigenvalue weighted by molar-refractivity contribution is 5.85. The van der Waals surface area contributed by atoms with Crippen molar-refractivity contribution in [1.82, 2.24) is 0 Å². The van der Waals surface area contributed by atoms with Gasteiger partial charge in [-0.15, -0.1) is 0 Å². The lowest BCUT2D eigenvalue weighted by atomic mass is 9.99. The zero-order chi connectivity index (χ0) is 17.9. The second-order valence-electron chi connectivity index (χ2n) is 5.09. The molecular formula is C15H16O9. The average Bonchev–Trinajstić information content (AvgIpc) is 2.54. The van der Waals surface area contributed by atoms with Gasteiger partial charge in [-0.05, 0) is 23.8 Å². The zero-order valence-corrected chi connectivity index (χ0v) is 12.2. The first-order valence-electron chi connectivity index (χ1n) is 6.90. The van der Waals surface area contributed by atoms with Crippen LogP contribution in [0.3, 0.4) is 0 Å². The second kappa shape index (κ2) is 7.41. The first kappa shape index (κ1) is 17.9. The number of ether oxygens (including phenoxy) is 2. The van der Waals surface area contributed by atoms with Crippen molar-refractivity contribution >= 4 is 18.0 Å². The number of carboxylic acids is 2. The molecule has 0 aliphatic carbocycles. The number of benzene rings is 1. The van der Waals surface area contributed by atoms with Crippen molar-refractivity contribution in [2.24, 2.45) is 0 Å². The number of aliphatic carboxylic acids is 2. The third-order valence-corrected chi connectivity index (χ3v) is 3.36. The lowest BCUT2D eigenvalue weighted by Gasteiger charge is -2.38. The van der Waals surface area contributed by atoms with Crippen molar-refractivity contribution in [3.05, 3.63) is 35.9 Å². The topological polar surface area (TPSA) is 154 Å². The molecule has 0 unspecified atom stereocenters. The number of carboxylic acid groups (broad SMARTS) is 2. The summed E-state index contributed by atoms with van der Waals surface area (Å²) >= 11 is 0. The molecule has 5 N–H and O–H groups in total. The minimum absolute atomic E-state index is 0.194. The Labute approximate surface area is 136 Å². The van der Waals surface area contributed by atoms with E-state index < -0.39 is 42.6 Å². The lowest BCUT2D eigenvalue weighted by molar-refractivity contribution is -0.271. The summed E-state index contributed by atoms with van der Waals surface area (Å²) in [5.41, 5.74) is 0.578. The molecule has 5 atom stereocenters. The van der Waals surface area contributed by atoms with Crippen LogP contribution < -0.4 is 4.74 Å². The fourth-order valence-electron chi connectivity index (χ4n) is 2.11. The Balaban J connectivity index is 2.09. The Morgan fingerprint density at radius 2 is 1.62 bits per heavy atom. The largest absolute Gasteiger partial charge is 0.479 e. The summed E-state index contributed by atoms with van der Waals surface area (Å²) in [5.74, 6) is -2.41. The van der Waals surface area contributed by atoms with Gasteiger partial charge in [-0.1, -0.05) is 12.1 Å². The predicted molar refractivity (Wildman–Crippen MR) is 78.1 cm³/mol. The van der Waals surface area contributed by atoms with Crippen molar-refractivity contribution < 1.29 is 44.6 Å². The van der Waals surface area contributed by atoms with Crippen molar-refractivity contribution in [3.63, 3.8) is 0 Å². The molecule has 0 saturated carbocycles. The van der Waals surface area contributed by atoms with Gasteiger partial charge in [0.25, 0.3) is 0 Å². The van der Waals surface area contributed by atoms with Gasteiger partial charge in [0.05, 0.1) is 0 Å². The van der Waals surface area contributed by atoms with Crippen LogP contribution in [-0.2, 0) is 14.3 Å². The Kier molecular flexibility index (Phi) is 5.52. The Hall–Kier alpha value is -2.46. The molecule has 1 heterocycles. The molecule has 0 amide bonds. The van der Waals surface area contributed by atoms with E-state index in [9.17, 15) is 24.9 Å². The number of rotatable bonds is 5. The van der Waals surface area contributed by atoms with Crippen molar-refractivity contribution in [2.75, 3.05) is 0 Å². The first-order chi connectivity index (χ1) is 11.3.